The third kappa shape index (κ3) is 6.95. The molecule has 0 saturated carbocycles. The lowest BCUT2D eigenvalue weighted by molar-refractivity contribution is -0.117. The van der Waals surface area contributed by atoms with Crippen molar-refractivity contribution in [2.24, 2.45) is 5.73 Å². The second kappa shape index (κ2) is 10.5. The number of hydrogen-bond acceptors (Lipinski definition) is 4. The Morgan fingerprint density at radius 1 is 1.11 bits per heavy atom. The van der Waals surface area contributed by atoms with Crippen molar-refractivity contribution in [3.8, 4) is 5.75 Å². The van der Waals surface area contributed by atoms with Gasteiger partial charge in [-0.05, 0) is 48.4 Å². The van der Waals surface area contributed by atoms with Gasteiger partial charge in [-0.25, -0.2) is 0 Å². The molecular formula is C21H23N3O4. The summed E-state index contributed by atoms with van der Waals surface area (Å²) in [6.07, 6.45) is 4.03. The van der Waals surface area contributed by atoms with Crippen molar-refractivity contribution in [3.63, 3.8) is 0 Å². The van der Waals surface area contributed by atoms with E-state index in [9.17, 15) is 14.4 Å². The number of carbonyl (C=O) groups is 3. The van der Waals surface area contributed by atoms with Crippen LogP contribution in [0, 0.1) is 0 Å². The fraction of sp³-hybridized carbons (Fsp3) is 0.190. The molecule has 0 aliphatic carbocycles. The second-order valence-electron chi connectivity index (χ2n) is 5.97. The number of benzene rings is 2. The summed E-state index contributed by atoms with van der Waals surface area (Å²) in [4.78, 5) is 34.8. The van der Waals surface area contributed by atoms with Crippen LogP contribution in [-0.2, 0) is 9.59 Å². The number of nitrogens with two attached hydrogens (primary N) is 1. The maximum atomic E-state index is 12.1. The normalized spacial score (nSPS) is 10.5. The summed E-state index contributed by atoms with van der Waals surface area (Å²) in [7, 11) is 0. The van der Waals surface area contributed by atoms with Crippen LogP contribution in [0.2, 0.25) is 0 Å². The van der Waals surface area contributed by atoms with E-state index in [4.69, 9.17) is 10.5 Å². The lowest BCUT2D eigenvalue weighted by Gasteiger charge is -2.06. The zero-order valence-corrected chi connectivity index (χ0v) is 15.6. The fourth-order valence-corrected chi connectivity index (χ4v) is 2.26. The molecule has 0 aliphatic rings. The molecule has 0 unspecified atom stereocenters. The van der Waals surface area contributed by atoms with Gasteiger partial charge >= 0.3 is 0 Å². The number of nitrogens with one attached hydrogen (secondary N) is 2. The second-order valence-corrected chi connectivity index (χ2v) is 5.97. The summed E-state index contributed by atoms with van der Waals surface area (Å²) in [5, 5.41) is 5.08. The van der Waals surface area contributed by atoms with Crippen molar-refractivity contribution in [1.82, 2.24) is 5.32 Å². The van der Waals surface area contributed by atoms with Gasteiger partial charge in [0.2, 0.25) is 11.8 Å². The molecule has 2 aromatic carbocycles. The largest absolute Gasteiger partial charge is 0.494 e. The Hall–Kier alpha value is -3.61. The number of ether oxygens (including phenoxy) is 1. The maximum Gasteiger partial charge on any atom is 0.251 e. The Balaban J connectivity index is 1.93. The minimum absolute atomic E-state index is 0.250. The quantitative estimate of drug-likeness (QED) is 0.579. The number of hydrogen-bond donors (Lipinski definition) is 3. The smallest absolute Gasteiger partial charge is 0.251 e. The van der Waals surface area contributed by atoms with Gasteiger partial charge in [-0.1, -0.05) is 25.1 Å². The number of primary amides is 1. The Bertz CT molecular complexity index is 860. The maximum absolute atomic E-state index is 12.1. The van der Waals surface area contributed by atoms with E-state index < -0.39 is 11.8 Å². The zero-order valence-electron chi connectivity index (χ0n) is 15.6. The minimum atomic E-state index is -0.632. The third-order valence-corrected chi connectivity index (χ3v) is 3.60. The van der Waals surface area contributed by atoms with Crippen LogP contribution in [0.25, 0.3) is 6.08 Å². The van der Waals surface area contributed by atoms with Crippen LogP contribution in [0.1, 0.15) is 29.3 Å². The molecule has 0 heterocycles. The molecule has 0 aromatic heterocycles. The van der Waals surface area contributed by atoms with E-state index in [0.717, 1.165) is 17.7 Å². The number of rotatable bonds is 9. The van der Waals surface area contributed by atoms with Crippen molar-refractivity contribution in [2.75, 3.05) is 18.5 Å². The number of carbonyl (C=O) groups excluding carboxylic acids is 3. The van der Waals surface area contributed by atoms with Crippen LogP contribution >= 0.6 is 0 Å². The van der Waals surface area contributed by atoms with Crippen LogP contribution in [-0.4, -0.2) is 30.9 Å². The van der Waals surface area contributed by atoms with Gasteiger partial charge in [-0.15, -0.1) is 0 Å². The Labute approximate surface area is 163 Å². The van der Waals surface area contributed by atoms with E-state index in [1.165, 1.54) is 12.1 Å². The molecule has 2 aromatic rings. The molecule has 0 aliphatic heterocycles. The number of anilines is 1. The molecule has 146 valence electrons. The Kier molecular flexibility index (Phi) is 7.77. The molecule has 0 radical (unpaired) electrons. The first-order valence-electron chi connectivity index (χ1n) is 8.86. The van der Waals surface area contributed by atoms with Gasteiger partial charge in [-0.2, -0.15) is 0 Å². The van der Waals surface area contributed by atoms with Crippen LogP contribution in [0.5, 0.6) is 5.75 Å². The van der Waals surface area contributed by atoms with Crippen molar-refractivity contribution >= 4 is 29.5 Å². The van der Waals surface area contributed by atoms with Crippen molar-refractivity contribution in [2.45, 2.75) is 13.3 Å². The molecule has 0 saturated heterocycles. The minimum Gasteiger partial charge on any atom is -0.494 e. The van der Waals surface area contributed by atoms with E-state index >= 15 is 0 Å². The third-order valence-electron chi connectivity index (χ3n) is 3.60. The average Bonchev–Trinajstić information content (AvgIpc) is 2.70. The highest BCUT2D eigenvalue weighted by atomic mass is 16.5. The van der Waals surface area contributed by atoms with E-state index in [1.807, 2.05) is 31.2 Å². The summed E-state index contributed by atoms with van der Waals surface area (Å²) in [5.41, 5.74) is 6.63. The highest BCUT2D eigenvalue weighted by molar-refractivity contribution is 6.03. The molecule has 0 fully saturated rings. The van der Waals surface area contributed by atoms with Gasteiger partial charge in [0, 0.05) is 17.3 Å². The highest BCUT2D eigenvalue weighted by Gasteiger charge is 2.07. The molecule has 2 rings (SSSR count). The van der Waals surface area contributed by atoms with Gasteiger partial charge in [0.1, 0.15) is 5.75 Å². The lowest BCUT2D eigenvalue weighted by Crippen LogP contribution is -2.33. The van der Waals surface area contributed by atoms with Crippen LogP contribution in [0.3, 0.4) is 0 Å². The van der Waals surface area contributed by atoms with Crippen LogP contribution in [0.4, 0.5) is 5.69 Å². The summed E-state index contributed by atoms with van der Waals surface area (Å²) in [5.74, 6) is -0.625. The van der Waals surface area contributed by atoms with Crippen molar-refractivity contribution < 1.29 is 19.1 Å². The van der Waals surface area contributed by atoms with E-state index in [2.05, 4.69) is 10.6 Å². The molecule has 4 N–H and O–H groups in total. The summed E-state index contributed by atoms with van der Waals surface area (Å²) in [6.45, 7) is 2.45. The van der Waals surface area contributed by atoms with Crippen LogP contribution < -0.4 is 21.1 Å². The van der Waals surface area contributed by atoms with Gasteiger partial charge < -0.3 is 21.1 Å². The lowest BCUT2D eigenvalue weighted by atomic mass is 10.2. The monoisotopic (exact) mass is 381 g/mol. The molecule has 0 spiro atoms. The van der Waals surface area contributed by atoms with Gasteiger partial charge in [-0.3, -0.25) is 14.4 Å². The summed E-state index contributed by atoms with van der Waals surface area (Å²) >= 11 is 0. The van der Waals surface area contributed by atoms with Gasteiger partial charge in [0.25, 0.3) is 5.91 Å². The summed E-state index contributed by atoms with van der Waals surface area (Å²) in [6, 6.07) is 13.8. The zero-order chi connectivity index (χ0) is 20.4. The van der Waals surface area contributed by atoms with E-state index in [0.29, 0.717) is 17.9 Å². The van der Waals surface area contributed by atoms with Crippen LogP contribution in [0.15, 0.2) is 54.6 Å². The first-order valence-corrected chi connectivity index (χ1v) is 8.86. The summed E-state index contributed by atoms with van der Waals surface area (Å²) < 4.78 is 5.51. The van der Waals surface area contributed by atoms with E-state index in [1.54, 1.807) is 24.3 Å². The number of amides is 3. The van der Waals surface area contributed by atoms with E-state index in [-0.39, 0.29) is 12.5 Å². The standard InChI is InChI=1S/C21H23N3O4/c1-2-12-28-18-9-6-15(7-10-18)8-11-20(26)24-17-5-3-4-16(13-17)21(27)23-14-19(22)25/h3-11,13H,2,12,14H2,1H3,(H2,22,25)(H,23,27)(H,24,26)/b11-8+. The average molecular weight is 381 g/mol. The predicted molar refractivity (Wildman–Crippen MR) is 108 cm³/mol. The molecule has 0 bridgehead atoms. The Morgan fingerprint density at radius 3 is 2.54 bits per heavy atom. The molecule has 7 nitrogen and oxygen atoms in total. The first kappa shape index (κ1) is 20.7. The van der Waals surface area contributed by atoms with Gasteiger partial charge in [0.15, 0.2) is 0 Å². The Morgan fingerprint density at radius 2 is 1.86 bits per heavy atom. The topological polar surface area (TPSA) is 111 Å². The molecule has 0 atom stereocenters. The predicted octanol–water partition coefficient (Wildman–Crippen LogP) is 2.34. The SMILES string of the molecule is CCCOc1ccc(/C=C/C(=O)Nc2cccc(C(=O)NCC(N)=O)c2)cc1. The molecule has 28 heavy (non-hydrogen) atoms. The van der Waals surface area contributed by atoms with Gasteiger partial charge in [0.05, 0.1) is 13.2 Å². The van der Waals surface area contributed by atoms with Crippen molar-refractivity contribution in [1.29, 1.82) is 0 Å². The van der Waals surface area contributed by atoms with Crippen molar-refractivity contribution in [3.05, 3.63) is 65.7 Å². The molecule has 3 amide bonds. The first-order chi connectivity index (χ1) is 13.5. The highest BCUT2D eigenvalue weighted by Crippen LogP contribution is 2.14. The molecule has 7 heteroatoms. The molecular weight excluding hydrogens is 358 g/mol. The fourth-order valence-electron chi connectivity index (χ4n) is 2.26.